The third kappa shape index (κ3) is 5.21. The number of rotatable bonds is 2. The van der Waals surface area contributed by atoms with Crippen LogP contribution < -0.4 is 25.3 Å². The van der Waals surface area contributed by atoms with Gasteiger partial charge in [0.05, 0.1) is 0 Å². The summed E-state index contributed by atoms with van der Waals surface area (Å²) in [6, 6.07) is 46.7. The fraction of sp³-hybridized carbons (Fsp3) is 0.143. The number of nitrogens with zero attached hydrogens (tertiary/aromatic N) is 2. The number of fused-ring (bicyclic) bond motifs is 14. The number of hydrogen-bond acceptors (Lipinski definition) is 2. The van der Waals surface area contributed by atoms with E-state index in [2.05, 4.69) is 172 Å². The molecular weight excluding hydrogens is 838 g/mol. The molecule has 0 unspecified atom stereocenters. The van der Waals surface area contributed by atoms with Crippen molar-refractivity contribution in [1.82, 2.24) is 9.13 Å². The molecular formula is C56H43BN2OSSe. The van der Waals surface area contributed by atoms with Crippen LogP contribution in [0.5, 0.6) is 0 Å². The van der Waals surface area contributed by atoms with Crippen molar-refractivity contribution in [3.63, 3.8) is 0 Å². The zero-order valence-electron chi connectivity index (χ0n) is 39.3. The molecule has 62 heavy (non-hydrogen) atoms. The molecule has 11 aromatic rings. The molecule has 298 valence electrons. The molecule has 8 aromatic carbocycles. The standard InChI is InChI=1S/C56H43BN2OSSe/c1-55(2,3)32-20-24-45-39(26-32)40-27-33(56(4,5)6)21-25-46(40)59(45)35-28-49-52-51(29-35)62-50-31-47-41(36-16-10-12-18-44(36)58(47)34-14-8-7-9-15-34)30-43(50)57(52)42-23-22-38-37-17-11-13-19-48(37)60-53(38)54(42)61-49/h7-31H,1-6H3/i11D,13D,17D,19D. The van der Waals surface area contributed by atoms with Crippen LogP contribution in [0.15, 0.2) is 166 Å². The molecule has 0 fully saturated rings. The van der Waals surface area contributed by atoms with Crippen LogP contribution in [0, 0.1) is 0 Å². The average molecular weight is 886 g/mol. The van der Waals surface area contributed by atoms with Gasteiger partial charge in [0.15, 0.2) is 0 Å². The molecule has 0 atom stereocenters. The van der Waals surface area contributed by atoms with Crippen molar-refractivity contribution in [2.75, 3.05) is 0 Å². The van der Waals surface area contributed by atoms with Crippen molar-refractivity contribution in [3.8, 4) is 11.4 Å². The minimum absolute atomic E-state index is 0.0132. The Hall–Kier alpha value is -5.91. The molecule has 0 N–H and O–H groups in total. The van der Waals surface area contributed by atoms with E-state index in [0.29, 0.717) is 16.4 Å². The molecule has 2 aliphatic heterocycles. The van der Waals surface area contributed by atoms with Gasteiger partial charge in [0.1, 0.15) is 0 Å². The predicted molar refractivity (Wildman–Crippen MR) is 266 cm³/mol. The summed E-state index contributed by atoms with van der Waals surface area (Å²) in [5, 5.41) is 6.07. The second kappa shape index (κ2) is 12.8. The first-order chi connectivity index (χ1) is 31.7. The quantitative estimate of drug-likeness (QED) is 0.161. The van der Waals surface area contributed by atoms with Crippen LogP contribution in [0.4, 0.5) is 0 Å². The van der Waals surface area contributed by atoms with Gasteiger partial charge in [-0.2, -0.15) is 0 Å². The Bertz CT molecular complexity index is 3900. The van der Waals surface area contributed by atoms with Crippen molar-refractivity contribution in [3.05, 3.63) is 163 Å². The molecule has 5 heterocycles. The molecule has 0 saturated heterocycles. The van der Waals surface area contributed by atoms with E-state index in [1.54, 1.807) is 11.8 Å². The maximum absolute atomic E-state index is 8.97. The zero-order valence-corrected chi connectivity index (χ0v) is 37.9. The Morgan fingerprint density at radius 3 is 1.95 bits per heavy atom. The first kappa shape index (κ1) is 32.8. The molecule has 13 rings (SSSR count). The fourth-order valence-electron chi connectivity index (χ4n) is 10.2. The third-order valence-corrected chi connectivity index (χ3v) is 16.8. The van der Waals surface area contributed by atoms with Gasteiger partial charge in [-0.25, -0.2) is 0 Å². The summed E-state index contributed by atoms with van der Waals surface area (Å²) in [5.41, 5.74) is 14.1. The Labute approximate surface area is 377 Å². The van der Waals surface area contributed by atoms with Gasteiger partial charge in [-0.1, -0.05) is 0 Å². The van der Waals surface area contributed by atoms with Gasteiger partial charge in [-0.15, -0.1) is 0 Å². The second-order valence-corrected chi connectivity index (χ2v) is 22.4. The van der Waals surface area contributed by atoms with E-state index >= 15 is 0 Å². The van der Waals surface area contributed by atoms with E-state index in [9.17, 15) is 0 Å². The molecule has 6 heteroatoms. The first-order valence-corrected chi connectivity index (χ1v) is 23.9. The van der Waals surface area contributed by atoms with Gasteiger partial charge in [-0.3, -0.25) is 0 Å². The van der Waals surface area contributed by atoms with Gasteiger partial charge in [-0.05, 0) is 0 Å². The summed E-state index contributed by atoms with van der Waals surface area (Å²) in [6.07, 6.45) is 0. The van der Waals surface area contributed by atoms with Gasteiger partial charge in [0, 0.05) is 0 Å². The van der Waals surface area contributed by atoms with Crippen LogP contribution in [0.3, 0.4) is 0 Å². The Balaban J connectivity index is 1.12. The summed E-state index contributed by atoms with van der Waals surface area (Å²) < 4.78 is 49.2. The summed E-state index contributed by atoms with van der Waals surface area (Å²) >= 11 is 1.66. The van der Waals surface area contributed by atoms with E-state index in [1.165, 1.54) is 79.5 Å². The Morgan fingerprint density at radius 2 is 1.21 bits per heavy atom. The molecule has 0 aliphatic carbocycles. The molecule has 0 radical (unpaired) electrons. The van der Waals surface area contributed by atoms with Gasteiger partial charge in [0.2, 0.25) is 0 Å². The van der Waals surface area contributed by atoms with Crippen LogP contribution in [0.2, 0.25) is 0 Å². The van der Waals surface area contributed by atoms with Crippen molar-refractivity contribution in [1.29, 1.82) is 0 Å². The number of hydrogen-bond donors (Lipinski definition) is 0. The number of aromatic nitrogens is 2. The van der Waals surface area contributed by atoms with E-state index in [1.807, 2.05) is 6.07 Å². The first-order valence-electron chi connectivity index (χ1n) is 23.4. The molecule has 0 bridgehead atoms. The van der Waals surface area contributed by atoms with Crippen LogP contribution in [0.1, 0.15) is 58.2 Å². The summed E-state index contributed by atoms with van der Waals surface area (Å²) in [7, 11) is 0. The number of furan rings is 1. The van der Waals surface area contributed by atoms with E-state index < -0.39 is 0 Å². The molecule has 2 aliphatic rings. The SMILES string of the molecule is [2H]c1c([2H])c([2H])c2c(oc3c4c(ccc32)B2c3cc5c6ccccc6n(-c6ccccc6)c5cc3[Se]c3cc(-n5c6ccc(C(C)(C)C)cc6c6cc(C(C)(C)C)ccc65)cc(c32)S4)c1[2H]. The van der Waals surface area contributed by atoms with E-state index in [4.69, 9.17) is 9.90 Å². The second-order valence-electron chi connectivity index (χ2n) is 19.1. The van der Waals surface area contributed by atoms with Crippen molar-refractivity contribution < 1.29 is 9.90 Å². The van der Waals surface area contributed by atoms with Crippen LogP contribution in [0.25, 0.3) is 76.9 Å². The monoisotopic (exact) mass is 886 g/mol. The average Bonchev–Trinajstić information content (AvgIpc) is 3.96. The fourth-order valence-corrected chi connectivity index (χ4v) is 14.2. The summed E-state index contributed by atoms with van der Waals surface area (Å²) in [5.74, 6) is 0. The minimum atomic E-state index is -0.287. The number of para-hydroxylation sites is 3. The topological polar surface area (TPSA) is 23.0 Å². The Morgan fingerprint density at radius 1 is 0.548 bits per heavy atom. The van der Waals surface area contributed by atoms with Gasteiger partial charge < -0.3 is 0 Å². The molecule has 3 aromatic heterocycles. The Kier molecular flexibility index (Phi) is 6.78. The van der Waals surface area contributed by atoms with Gasteiger partial charge in [0.25, 0.3) is 0 Å². The van der Waals surface area contributed by atoms with Crippen LogP contribution >= 0.6 is 11.8 Å². The summed E-state index contributed by atoms with van der Waals surface area (Å²) in [6.45, 7) is 13.6. The van der Waals surface area contributed by atoms with Crippen LogP contribution in [-0.4, -0.2) is 30.8 Å². The predicted octanol–water partition coefficient (Wildman–Crippen LogP) is 11.3. The molecule has 0 spiro atoms. The van der Waals surface area contributed by atoms with Gasteiger partial charge >= 0.3 is 380 Å². The summed E-state index contributed by atoms with van der Waals surface area (Å²) in [4.78, 5) is 2.12. The third-order valence-electron chi connectivity index (χ3n) is 13.3. The molecule has 0 saturated carbocycles. The zero-order chi connectivity index (χ0) is 45.3. The maximum atomic E-state index is 8.97. The molecule has 3 nitrogen and oxygen atoms in total. The number of benzene rings is 8. The van der Waals surface area contributed by atoms with Crippen LogP contribution in [-0.2, 0) is 10.8 Å². The molecule has 0 amide bonds. The normalized spacial score (nSPS) is 14.7. The van der Waals surface area contributed by atoms with Crippen molar-refractivity contribution in [2.24, 2.45) is 0 Å². The van der Waals surface area contributed by atoms with E-state index in [0.717, 1.165) is 21.7 Å². The van der Waals surface area contributed by atoms with Crippen molar-refractivity contribution >= 4 is 124 Å². The van der Waals surface area contributed by atoms with Crippen molar-refractivity contribution in [2.45, 2.75) is 62.2 Å². The van der Waals surface area contributed by atoms with E-state index in [-0.39, 0.29) is 62.3 Å².